The van der Waals surface area contributed by atoms with Crippen molar-refractivity contribution in [2.75, 3.05) is 33.2 Å². The maximum atomic E-state index is 12.4. The second-order valence-electron chi connectivity index (χ2n) is 5.00. The molecule has 0 aromatic carbocycles. The lowest BCUT2D eigenvalue weighted by atomic mass is 10.1. The van der Waals surface area contributed by atoms with Gasteiger partial charge in [0.25, 0.3) is 0 Å². The fraction of sp³-hybridized carbons (Fsp3) is 0.846. The SMILES string of the molecule is CCN1CCC[C@H]1N(C)C(=O)N1CC[CH]CC1. The van der Waals surface area contributed by atoms with Crippen LogP contribution in [0, 0.1) is 6.42 Å². The average Bonchev–Trinajstić information content (AvgIpc) is 2.86. The Morgan fingerprint density at radius 2 is 2.06 bits per heavy atom. The number of rotatable bonds is 2. The number of nitrogens with zero attached hydrogens (tertiary/aromatic N) is 3. The van der Waals surface area contributed by atoms with Crippen molar-refractivity contribution in [3.63, 3.8) is 0 Å². The number of carbonyl (C=O) groups excluding carboxylic acids is 1. The van der Waals surface area contributed by atoms with E-state index in [1.807, 2.05) is 16.8 Å². The van der Waals surface area contributed by atoms with Crippen LogP contribution in [0.2, 0.25) is 0 Å². The van der Waals surface area contributed by atoms with Gasteiger partial charge in [0.15, 0.2) is 0 Å². The van der Waals surface area contributed by atoms with E-state index in [1.165, 1.54) is 6.42 Å². The standard InChI is InChI=1S/C13H24N3O/c1-3-15-11-7-8-12(15)14(2)13(17)16-9-5-4-6-10-16/h4,12H,3,5-11H2,1-2H3/t12-/m0/s1. The summed E-state index contributed by atoms with van der Waals surface area (Å²) in [5.41, 5.74) is 0. The predicted molar refractivity (Wildman–Crippen MR) is 68.5 cm³/mol. The van der Waals surface area contributed by atoms with E-state index in [4.69, 9.17) is 0 Å². The molecule has 0 bridgehead atoms. The van der Waals surface area contributed by atoms with Gasteiger partial charge in [0.1, 0.15) is 0 Å². The third-order valence-electron chi connectivity index (χ3n) is 3.96. The van der Waals surface area contributed by atoms with Gasteiger partial charge in [-0.1, -0.05) is 6.92 Å². The zero-order chi connectivity index (χ0) is 12.3. The smallest absolute Gasteiger partial charge is 0.321 e. The number of piperidine rings is 1. The van der Waals surface area contributed by atoms with Gasteiger partial charge in [-0.05, 0) is 38.6 Å². The Hall–Kier alpha value is -0.770. The van der Waals surface area contributed by atoms with Crippen LogP contribution in [0.5, 0.6) is 0 Å². The molecule has 0 aromatic rings. The highest BCUT2D eigenvalue weighted by atomic mass is 16.2. The first-order chi connectivity index (χ1) is 8.24. The summed E-state index contributed by atoms with van der Waals surface area (Å²) in [6.07, 6.45) is 7.01. The van der Waals surface area contributed by atoms with Crippen LogP contribution >= 0.6 is 0 Å². The zero-order valence-electron chi connectivity index (χ0n) is 11.1. The highest BCUT2D eigenvalue weighted by Crippen LogP contribution is 2.21. The highest BCUT2D eigenvalue weighted by molar-refractivity contribution is 5.74. The van der Waals surface area contributed by atoms with Crippen molar-refractivity contribution in [3.05, 3.63) is 6.42 Å². The molecule has 2 heterocycles. The van der Waals surface area contributed by atoms with E-state index < -0.39 is 0 Å². The molecular weight excluding hydrogens is 214 g/mol. The van der Waals surface area contributed by atoms with Gasteiger partial charge in [-0.2, -0.15) is 0 Å². The Bertz CT molecular complexity index is 263. The van der Waals surface area contributed by atoms with Crippen molar-refractivity contribution in [1.29, 1.82) is 0 Å². The molecule has 17 heavy (non-hydrogen) atoms. The lowest BCUT2D eigenvalue weighted by Gasteiger charge is -2.37. The van der Waals surface area contributed by atoms with Crippen molar-refractivity contribution in [3.8, 4) is 0 Å². The van der Waals surface area contributed by atoms with E-state index in [0.29, 0.717) is 6.17 Å². The molecule has 1 radical (unpaired) electrons. The predicted octanol–water partition coefficient (Wildman–Crippen LogP) is 1.78. The van der Waals surface area contributed by atoms with Gasteiger partial charge in [-0.3, -0.25) is 4.90 Å². The minimum atomic E-state index is 0.212. The van der Waals surface area contributed by atoms with Crippen LogP contribution in [0.4, 0.5) is 4.79 Å². The molecule has 1 atom stereocenters. The summed E-state index contributed by atoms with van der Waals surface area (Å²) in [4.78, 5) is 18.7. The summed E-state index contributed by atoms with van der Waals surface area (Å²) in [5.74, 6) is 0. The fourth-order valence-corrected chi connectivity index (χ4v) is 2.91. The molecule has 4 nitrogen and oxygen atoms in total. The molecule has 2 rings (SSSR count). The van der Waals surface area contributed by atoms with Crippen LogP contribution in [-0.4, -0.2) is 60.1 Å². The monoisotopic (exact) mass is 238 g/mol. The van der Waals surface area contributed by atoms with Crippen LogP contribution in [0.1, 0.15) is 32.6 Å². The second-order valence-corrected chi connectivity index (χ2v) is 5.00. The maximum absolute atomic E-state index is 12.4. The zero-order valence-corrected chi connectivity index (χ0v) is 11.1. The first-order valence-corrected chi connectivity index (χ1v) is 6.81. The van der Waals surface area contributed by atoms with E-state index >= 15 is 0 Å². The van der Waals surface area contributed by atoms with Crippen LogP contribution in [-0.2, 0) is 0 Å². The van der Waals surface area contributed by atoms with Gasteiger partial charge >= 0.3 is 6.03 Å². The number of hydrogen-bond acceptors (Lipinski definition) is 2. The molecular formula is C13H24N3O. The highest BCUT2D eigenvalue weighted by Gasteiger charge is 2.31. The third kappa shape index (κ3) is 2.73. The molecule has 0 aromatic heterocycles. The number of amides is 2. The van der Waals surface area contributed by atoms with Gasteiger partial charge in [-0.15, -0.1) is 0 Å². The lowest BCUT2D eigenvalue weighted by molar-refractivity contribution is 0.0914. The minimum Gasteiger partial charge on any atom is -0.325 e. The van der Waals surface area contributed by atoms with Crippen molar-refractivity contribution in [2.24, 2.45) is 0 Å². The molecule has 2 amide bonds. The summed E-state index contributed by atoms with van der Waals surface area (Å²) >= 11 is 0. The summed E-state index contributed by atoms with van der Waals surface area (Å²) < 4.78 is 0. The Morgan fingerprint density at radius 1 is 1.35 bits per heavy atom. The van der Waals surface area contributed by atoms with Gasteiger partial charge in [0.2, 0.25) is 0 Å². The van der Waals surface area contributed by atoms with Gasteiger partial charge in [0.05, 0.1) is 6.17 Å². The molecule has 0 spiro atoms. The summed E-state index contributed by atoms with van der Waals surface area (Å²) in [6.45, 7) is 6.12. The van der Waals surface area contributed by atoms with Crippen molar-refractivity contribution in [2.45, 2.75) is 38.8 Å². The lowest BCUT2D eigenvalue weighted by Crippen LogP contribution is -2.51. The second kappa shape index (κ2) is 5.71. The molecule has 0 N–H and O–H groups in total. The topological polar surface area (TPSA) is 26.8 Å². The molecule has 2 aliphatic rings. The molecule has 97 valence electrons. The molecule has 0 unspecified atom stereocenters. The fourth-order valence-electron chi connectivity index (χ4n) is 2.91. The van der Waals surface area contributed by atoms with Crippen molar-refractivity contribution >= 4 is 6.03 Å². The van der Waals surface area contributed by atoms with Gasteiger partial charge in [-0.25, -0.2) is 4.79 Å². The Balaban J connectivity index is 1.93. The summed E-state index contributed by atoms with van der Waals surface area (Å²) in [7, 11) is 1.96. The van der Waals surface area contributed by atoms with E-state index in [9.17, 15) is 4.79 Å². The largest absolute Gasteiger partial charge is 0.325 e. The number of carbonyl (C=O) groups is 1. The van der Waals surface area contributed by atoms with Crippen molar-refractivity contribution in [1.82, 2.24) is 14.7 Å². The molecule has 4 heteroatoms. The first kappa shape index (κ1) is 12.7. The Labute approximate surface area is 105 Å². The van der Waals surface area contributed by atoms with Crippen LogP contribution in [0.25, 0.3) is 0 Å². The van der Waals surface area contributed by atoms with E-state index in [1.54, 1.807) is 0 Å². The molecule has 2 aliphatic heterocycles. The van der Waals surface area contributed by atoms with Gasteiger partial charge < -0.3 is 9.80 Å². The van der Waals surface area contributed by atoms with Gasteiger partial charge in [0, 0.05) is 26.7 Å². The summed E-state index contributed by atoms with van der Waals surface area (Å²) in [5, 5.41) is 0. The van der Waals surface area contributed by atoms with Crippen LogP contribution in [0.3, 0.4) is 0 Å². The third-order valence-corrected chi connectivity index (χ3v) is 3.96. The Kier molecular flexibility index (Phi) is 4.26. The maximum Gasteiger partial charge on any atom is 0.321 e. The minimum absolute atomic E-state index is 0.212. The normalized spacial score (nSPS) is 26.2. The summed E-state index contributed by atoms with van der Waals surface area (Å²) in [6, 6.07) is 0.212. The number of urea groups is 1. The van der Waals surface area contributed by atoms with E-state index in [-0.39, 0.29) is 6.03 Å². The molecule has 2 fully saturated rings. The first-order valence-electron chi connectivity index (χ1n) is 6.81. The molecule has 2 saturated heterocycles. The van der Waals surface area contributed by atoms with Crippen molar-refractivity contribution < 1.29 is 4.79 Å². The quantitative estimate of drug-likeness (QED) is 0.733. The van der Waals surface area contributed by atoms with Crippen LogP contribution in [0.15, 0.2) is 0 Å². The van der Waals surface area contributed by atoms with E-state index in [0.717, 1.165) is 45.4 Å². The number of hydrogen-bond donors (Lipinski definition) is 0. The average molecular weight is 238 g/mol. The van der Waals surface area contributed by atoms with Crippen LogP contribution < -0.4 is 0 Å². The number of likely N-dealkylation sites (tertiary alicyclic amines) is 2. The molecule has 0 aliphatic carbocycles. The Morgan fingerprint density at radius 3 is 2.71 bits per heavy atom. The molecule has 0 saturated carbocycles. The van der Waals surface area contributed by atoms with E-state index in [2.05, 4.69) is 18.2 Å².